The Morgan fingerprint density at radius 3 is 2.55 bits per heavy atom. The van der Waals surface area contributed by atoms with E-state index in [-0.39, 0.29) is 11.8 Å². The second-order valence-corrected chi connectivity index (χ2v) is 8.40. The van der Waals surface area contributed by atoms with Gasteiger partial charge in [0.15, 0.2) is 0 Å². The Morgan fingerprint density at radius 2 is 1.85 bits per heavy atom. The predicted molar refractivity (Wildman–Crippen MR) is 129 cm³/mol. The minimum atomic E-state index is -0.439. The van der Waals surface area contributed by atoms with Crippen LogP contribution in [0, 0.1) is 0 Å². The maximum Gasteiger partial charge on any atom is 0.253 e. The SMILES string of the molecule is CCCNC(=O)C1=Cc2ccc(-c3ccc(C(=O)N4CCCC4)cc3)cc2NC(N=NN)C1. The van der Waals surface area contributed by atoms with Crippen LogP contribution in [-0.4, -0.2) is 42.5 Å². The number of carbonyl (C=O) groups is 2. The summed E-state index contributed by atoms with van der Waals surface area (Å²) in [4.78, 5) is 27.1. The summed E-state index contributed by atoms with van der Waals surface area (Å²) >= 11 is 0. The summed E-state index contributed by atoms with van der Waals surface area (Å²) in [5.41, 5.74) is 5.09. The van der Waals surface area contributed by atoms with Crippen LogP contribution in [0.25, 0.3) is 17.2 Å². The van der Waals surface area contributed by atoms with Crippen molar-refractivity contribution in [2.45, 2.75) is 38.8 Å². The van der Waals surface area contributed by atoms with Crippen molar-refractivity contribution in [3.8, 4) is 11.1 Å². The molecule has 1 unspecified atom stereocenters. The van der Waals surface area contributed by atoms with Crippen LogP contribution in [0.1, 0.15) is 48.5 Å². The summed E-state index contributed by atoms with van der Waals surface area (Å²) in [6.07, 6.45) is 4.85. The largest absolute Gasteiger partial charge is 0.361 e. The van der Waals surface area contributed by atoms with E-state index in [1.165, 1.54) is 0 Å². The molecule has 2 aliphatic rings. The number of nitrogens with zero attached hydrogens (tertiary/aromatic N) is 3. The fourth-order valence-electron chi connectivity index (χ4n) is 4.24. The minimum absolute atomic E-state index is 0.0941. The number of rotatable bonds is 6. The molecule has 2 heterocycles. The molecule has 4 rings (SSSR count). The van der Waals surface area contributed by atoms with Crippen LogP contribution in [0.3, 0.4) is 0 Å². The first-order chi connectivity index (χ1) is 16.1. The van der Waals surface area contributed by atoms with Crippen molar-refractivity contribution in [2.24, 2.45) is 16.2 Å². The van der Waals surface area contributed by atoms with Gasteiger partial charge in [-0.1, -0.05) is 36.4 Å². The van der Waals surface area contributed by atoms with Gasteiger partial charge in [0, 0.05) is 42.9 Å². The third-order valence-corrected chi connectivity index (χ3v) is 6.01. The highest BCUT2D eigenvalue weighted by molar-refractivity contribution is 5.99. The molecule has 2 aromatic rings. The van der Waals surface area contributed by atoms with Crippen LogP contribution in [0.5, 0.6) is 0 Å². The maximum absolute atomic E-state index is 12.6. The molecule has 8 heteroatoms. The standard InChI is InChI=1S/C25H30N6O2/c1-2-11-27-24(32)21-14-20-10-9-19(15-22(20)28-23(16-21)29-30-26)17-5-7-18(8-6-17)25(33)31-12-3-4-13-31/h5-10,14-15,23,28H,2-4,11-13,16H2,1H3,(H2,26,29)(H,27,32). The number of fused-ring (bicyclic) bond motifs is 1. The van der Waals surface area contributed by atoms with Crippen molar-refractivity contribution >= 4 is 23.6 Å². The van der Waals surface area contributed by atoms with E-state index in [2.05, 4.69) is 21.0 Å². The first-order valence-corrected chi connectivity index (χ1v) is 11.5. The van der Waals surface area contributed by atoms with E-state index in [1.54, 1.807) is 0 Å². The van der Waals surface area contributed by atoms with Gasteiger partial charge in [-0.05, 0) is 60.2 Å². The fourth-order valence-corrected chi connectivity index (χ4v) is 4.24. The van der Waals surface area contributed by atoms with Crippen LogP contribution < -0.4 is 16.5 Å². The van der Waals surface area contributed by atoms with Gasteiger partial charge in [-0.2, -0.15) is 0 Å². The molecule has 0 bridgehead atoms. The molecule has 4 N–H and O–H groups in total. The predicted octanol–water partition coefficient (Wildman–Crippen LogP) is 3.97. The second-order valence-electron chi connectivity index (χ2n) is 8.40. The number of hydrogen-bond donors (Lipinski definition) is 3. The zero-order chi connectivity index (χ0) is 23.2. The highest BCUT2D eigenvalue weighted by Crippen LogP contribution is 2.32. The van der Waals surface area contributed by atoms with Gasteiger partial charge in [0.2, 0.25) is 5.91 Å². The first-order valence-electron chi connectivity index (χ1n) is 11.5. The van der Waals surface area contributed by atoms with E-state index >= 15 is 0 Å². The Balaban J connectivity index is 1.59. The molecule has 2 aromatic carbocycles. The molecule has 0 spiro atoms. The van der Waals surface area contributed by atoms with E-state index in [0.29, 0.717) is 24.1 Å². The van der Waals surface area contributed by atoms with Gasteiger partial charge in [-0.25, -0.2) is 0 Å². The summed E-state index contributed by atoms with van der Waals surface area (Å²) in [6, 6.07) is 13.7. The molecule has 0 aliphatic carbocycles. The molecule has 2 aliphatic heterocycles. The van der Waals surface area contributed by atoms with Crippen LogP contribution >= 0.6 is 0 Å². The van der Waals surface area contributed by atoms with E-state index in [4.69, 9.17) is 5.84 Å². The number of amides is 2. The summed E-state index contributed by atoms with van der Waals surface area (Å²) in [5, 5.41) is 13.8. The maximum atomic E-state index is 12.6. The summed E-state index contributed by atoms with van der Waals surface area (Å²) in [6.45, 7) is 4.31. The molecule has 0 saturated carbocycles. The van der Waals surface area contributed by atoms with E-state index in [9.17, 15) is 9.59 Å². The molecule has 1 atom stereocenters. The van der Waals surface area contributed by atoms with Crippen molar-refractivity contribution in [3.05, 3.63) is 59.2 Å². The third-order valence-electron chi connectivity index (χ3n) is 6.01. The van der Waals surface area contributed by atoms with Gasteiger partial charge < -0.3 is 21.4 Å². The van der Waals surface area contributed by atoms with E-state index in [0.717, 1.165) is 54.7 Å². The molecular weight excluding hydrogens is 416 g/mol. The second kappa shape index (κ2) is 10.3. The van der Waals surface area contributed by atoms with Crippen LogP contribution in [0.15, 0.2) is 58.4 Å². The summed E-state index contributed by atoms with van der Waals surface area (Å²) < 4.78 is 0. The Bertz CT molecular complexity index is 1070. The van der Waals surface area contributed by atoms with Crippen LogP contribution in [0.4, 0.5) is 5.69 Å². The Kier molecular flexibility index (Phi) is 7.02. The molecule has 33 heavy (non-hydrogen) atoms. The number of nitrogens with two attached hydrogens (primary N) is 1. The number of anilines is 1. The minimum Gasteiger partial charge on any atom is -0.361 e. The average molecular weight is 447 g/mol. The number of nitrogens with one attached hydrogen (secondary N) is 2. The monoisotopic (exact) mass is 446 g/mol. The van der Waals surface area contributed by atoms with Gasteiger partial charge in [0.1, 0.15) is 6.17 Å². The lowest BCUT2D eigenvalue weighted by Crippen LogP contribution is -2.28. The normalized spacial score (nSPS) is 17.8. The number of benzene rings is 2. The van der Waals surface area contributed by atoms with Crippen LogP contribution in [0.2, 0.25) is 0 Å². The third kappa shape index (κ3) is 5.22. The van der Waals surface area contributed by atoms with Gasteiger partial charge in [0.05, 0.1) is 0 Å². The Labute approximate surface area is 193 Å². The number of likely N-dealkylation sites (tertiary alicyclic amines) is 1. The lowest BCUT2D eigenvalue weighted by Gasteiger charge is -2.16. The van der Waals surface area contributed by atoms with Crippen molar-refractivity contribution in [1.29, 1.82) is 0 Å². The summed E-state index contributed by atoms with van der Waals surface area (Å²) in [5.74, 6) is 5.29. The number of carbonyl (C=O) groups excluding carboxylic acids is 2. The van der Waals surface area contributed by atoms with Crippen LogP contribution in [-0.2, 0) is 4.79 Å². The molecule has 8 nitrogen and oxygen atoms in total. The average Bonchev–Trinajstić information content (AvgIpc) is 3.31. The smallest absolute Gasteiger partial charge is 0.253 e. The van der Waals surface area contributed by atoms with E-state index < -0.39 is 6.17 Å². The highest BCUT2D eigenvalue weighted by Gasteiger charge is 2.22. The molecule has 0 aromatic heterocycles. The molecule has 0 radical (unpaired) electrons. The molecule has 172 valence electrons. The van der Waals surface area contributed by atoms with Crippen molar-refractivity contribution in [2.75, 3.05) is 25.0 Å². The number of hydrogen-bond acceptors (Lipinski definition) is 5. The van der Waals surface area contributed by atoms with Crippen molar-refractivity contribution < 1.29 is 9.59 Å². The first kappa shape index (κ1) is 22.5. The zero-order valence-electron chi connectivity index (χ0n) is 18.9. The molecule has 2 amide bonds. The van der Waals surface area contributed by atoms with Gasteiger partial charge in [-0.15, -0.1) is 5.11 Å². The Hall–Kier alpha value is -3.68. The molecular formula is C25H30N6O2. The lowest BCUT2D eigenvalue weighted by molar-refractivity contribution is -0.117. The zero-order valence-corrected chi connectivity index (χ0v) is 18.9. The van der Waals surface area contributed by atoms with Gasteiger partial charge in [-0.3, -0.25) is 9.59 Å². The fraction of sp³-hybridized carbons (Fsp3) is 0.360. The topological polar surface area (TPSA) is 112 Å². The van der Waals surface area contributed by atoms with E-state index in [1.807, 2.05) is 60.4 Å². The highest BCUT2D eigenvalue weighted by atomic mass is 16.2. The van der Waals surface area contributed by atoms with Crippen molar-refractivity contribution in [3.63, 3.8) is 0 Å². The lowest BCUT2D eigenvalue weighted by atomic mass is 10.00. The van der Waals surface area contributed by atoms with Gasteiger partial charge >= 0.3 is 0 Å². The van der Waals surface area contributed by atoms with Gasteiger partial charge in [0.25, 0.3) is 5.91 Å². The molecule has 1 fully saturated rings. The summed E-state index contributed by atoms with van der Waals surface area (Å²) in [7, 11) is 0. The molecule has 1 saturated heterocycles. The Morgan fingerprint density at radius 1 is 1.12 bits per heavy atom. The quantitative estimate of drug-likeness (QED) is 0.354. The van der Waals surface area contributed by atoms with Crippen molar-refractivity contribution in [1.82, 2.24) is 10.2 Å².